The molecule has 0 saturated carbocycles. The van der Waals surface area contributed by atoms with Gasteiger partial charge in [-0.2, -0.15) is 0 Å². The first-order valence-corrected chi connectivity index (χ1v) is 6.01. The fraction of sp³-hybridized carbons (Fsp3) is 0.0833. The molecule has 0 radical (unpaired) electrons. The van der Waals surface area contributed by atoms with Gasteiger partial charge in [0.1, 0.15) is 5.82 Å². The van der Waals surface area contributed by atoms with Gasteiger partial charge in [-0.15, -0.1) is 0 Å². The largest absolute Gasteiger partial charge is 0.365 e. The van der Waals surface area contributed by atoms with Crippen molar-refractivity contribution < 1.29 is 0 Å². The van der Waals surface area contributed by atoms with Crippen LogP contribution >= 0.6 is 27.5 Å². The van der Waals surface area contributed by atoms with Crippen LogP contribution in [0.1, 0.15) is 5.56 Å². The van der Waals surface area contributed by atoms with E-state index >= 15 is 0 Å². The van der Waals surface area contributed by atoms with Crippen LogP contribution in [-0.4, -0.2) is 4.98 Å². The Balaban J connectivity index is 2.05. The quantitative estimate of drug-likeness (QED) is 0.922. The molecule has 0 aliphatic heterocycles. The molecular formula is C12H10BrClN2. The zero-order chi connectivity index (χ0) is 11.4. The first-order chi connectivity index (χ1) is 7.75. The molecule has 4 heteroatoms. The summed E-state index contributed by atoms with van der Waals surface area (Å²) in [4.78, 5) is 4.20. The van der Waals surface area contributed by atoms with Gasteiger partial charge in [-0.05, 0) is 27.6 Å². The molecule has 1 aromatic heterocycles. The summed E-state index contributed by atoms with van der Waals surface area (Å²) in [5.74, 6) is 0.703. The molecule has 1 aromatic carbocycles. The third-order valence-corrected chi connectivity index (χ3v) is 2.83. The first kappa shape index (κ1) is 11.4. The van der Waals surface area contributed by atoms with Crippen LogP contribution in [0.15, 0.2) is 47.1 Å². The summed E-state index contributed by atoms with van der Waals surface area (Å²) in [5, 5.41) is 3.81. The zero-order valence-corrected chi connectivity index (χ0v) is 10.8. The molecule has 2 nitrogen and oxygen atoms in total. The van der Waals surface area contributed by atoms with Crippen LogP contribution in [0.5, 0.6) is 0 Å². The predicted octanol–water partition coefficient (Wildman–Crippen LogP) is 4.11. The minimum atomic E-state index is 0.616. The molecule has 1 N–H and O–H groups in total. The lowest BCUT2D eigenvalue weighted by Gasteiger charge is -2.07. The van der Waals surface area contributed by atoms with Gasteiger partial charge in [-0.3, -0.25) is 0 Å². The Morgan fingerprint density at radius 2 is 2.00 bits per heavy atom. The molecule has 16 heavy (non-hydrogen) atoms. The second-order valence-corrected chi connectivity index (χ2v) is 4.65. The summed E-state index contributed by atoms with van der Waals surface area (Å²) >= 11 is 9.36. The highest BCUT2D eigenvalue weighted by atomic mass is 79.9. The maximum Gasteiger partial charge on any atom is 0.145 e. The van der Waals surface area contributed by atoms with Crippen molar-refractivity contribution >= 4 is 33.3 Å². The minimum Gasteiger partial charge on any atom is -0.365 e. The third kappa shape index (κ3) is 2.97. The molecule has 0 atom stereocenters. The Kier molecular flexibility index (Phi) is 3.80. The summed E-state index contributed by atoms with van der Waals surface area (Å²) in [5.41, 5.74) is 1.20. The van der Waals surface area contributed by atoms with Crippen LogP contribution in [0, 0.1) is 0 Å². The van der Waals surface area contributed by atoms with E-state index in [2.05, 4.69) is 38.4 Å². The van der Waals surface area contributed by atoms with Crippen LogP contribution in [-0.2, 0) is 6.54 Å². The number of benzene rings is 1. The highest BCUT2D eigenvalue weighted by Crippen LogP contribution is 2.23. The van der Waals surface area contributed by atoms with Crippen molar-refractivity contribution in [3.8, 4) is 0 Å². The number of hydrogen-bond donors (Lipinski definition) is 1. The fourth-order valence-electron chi connectivity index (χ4n) is 1.33. The molecule has 0 bridgehead atoms. The van der Waals surface area contributed by atoms with E-state index in [1.54, 1.807) is 6.20 Å². The highest BCUT2D eigenvalue weighted by molar-refractivity contribution is 9.10. The molecule has 0 saturated heterocycles. The third-order valence-electron chi connectivity index (χ3n) is 2.11. The number of hydrogen-bond acceptors (Lipinski definition) is 2. The summed E-state index contributed by atoms with van der Waals surface area (Å²) in [7, 11) is 0. The van der Waals surface area contributed by atoms with Crippen molar-refractivity contribution in [2.75, 3.05) is 5.32 Å². The molecule has 0 amide bonds. The molecule has 0 aliphatic carbocycles. The van der Waals surface area contributed by atoms with E-state index in [4.69, 9.17) is 11.6 Å². The van der Waals surface area contributed by atoms with Crippen molar-refractivity contribution in [2.24, 2.45) is 0 Å². The SMILES string of the molecule is Clc1cc(Br)cnc1NCc1ccccc1. The van der Waals surface area contributed by atoms with E-state index in [0.29, 0.717) is 10.8 Å². The summed E-state index contributed by atoms with van der Waals surface area (Å²) in [6, 6.07) is 11.9. The molecule has 0 fully saturated rings. The summed E-state index contributed by atoms with van der Waals surface area (Å²) < 4.78 is 0.878. The molecule has 2 aromatic rings. The second-order valence-electron chi connectivity index (χ2n) is 3.32. The Morgan fingerprint density at radius 3 is 2.69 bits per heavy atom. The van der Waals surface area contributed by atoms with Gasteiger partial charge in [0.15, 0.2) is 0 Å². The first-order valence-electron chi connectivity index (χ1n) is 4.84. The Hall–Kier alpha value is -1.06. The zero-order valence-electron chi connectivity index (χ0n) is 8.45. The van der Waals surface area contributed by atoms with Crippen LogP contribution < -0.4 is 5.32 Å². The monoisotopic (exact) mass is 296 g/mol. The lowest BCUT2D eigenvalue weighted by molar-refractivity contribution is 1.11. The maximum absolute atomic E-state index is 6.04. The lowest BCUT2D eigenvalue weighted by atomic mass is 10.2. The number of anilines is 1. The average molecular weight is 298 g/mol. The standard InChI is InChI=1S/C12H10BrClN2/c13-10-6-11(14)12(16-8-10)15-7-9-4-2-1-3-5-9/h1-6,8H,7H2,(H,15,16). The van der Waals surface area contributed by atoms with Crippen molar-refractivity contribution in [3.63, 3.8) is 0 Å². The Morgan fingerprint density at radius 1 is 1.25 bits per heavy atom. The van der Waals surface area contributed by atoms with Gasteiger partial charge in [0.25, 0.3) is 0 Å². The molecule has 0 aliphatic rings. The van der Waals surface area contributed by atoms with E-state index in [0.717, 1.165) is 11.0 Å². The van der Waals surface area contributed by atoms with E-state index in [-0.39, 0.29) is 0 Å². The van der Waals surface area contributed by atoms with E-state index in [1.165, 1.54) is 5.56 Å². The van der Waals surface area contributed by atoms with E-state index < -0.39 is 0 Å². The number of nitrogens with one attached hydrogen (secondary N) is 1. The normalized spacial score (nSPS) is 10.1. The van der Waals surface area contributed by atoms with Crippen LogP contribution in [0.2, 0.25) is 5.02 Å². The maximum atomic E-state index is 6.04. The Bertz CT molecular complexity index is 474. The number of rotatable bonds is 3. The van der Waals surface area contributed by atoms with Gasteiger partial charge < -0.3 is 5.32 Å². The van der Waals surface area contributed by atoms with Gasteiger partial charge in [0.2, 0.25) is 0 Å². The second kappa shape index (κ2) is 5.32. The smallest absolute Gasteiger partial charge is 0.145 e. The lowest BCUT2D eigenvalue weighted by Crippen LogP contribution is -2.01. The summed E-state index contributed by atoms with van der Waals surface area (Å²) in [6.45, 7) is 0.717. The van der Waals surface area contributed by atoms with Crippen molar-refractivity contribution in [3.05, 3.63) is 57.7 Å². The predicted molar refractivity (Wildman–Crippen MR) is 70.7 cm³/mol. The molecule has 82 valence electrons. The average Bonchev–Trinajstić information content (AvgIpc) is 2.29. The molecule has 2 rings (SSSR count). The molecular weight excluding hydrogens is 288 g/mol. The van der Waals surface area contributed by atoms with Crippen LogP contribution in [0.4, 0.5) is 5.82 Å². The summed E-state index contributed by atoms with van der Waals surface area (Å²) in [6.07, 6.45) is 1.72. The minimum absolute atomic E-state index is 0.616. The highest BCUT2D eigenvalue weighted by Gasteiger charge is 2.01. The van der Waals surface area contributed by atoms with Crippen molar-refractivity contribution in [1.82, 2.24) is 4.98 Å². The molecule has 0 unspecified atom stereocenters. The number of halogens is 2. The Labute approximate surface area is 108 Å². The number of pyridine rings is 1. The molecule has 0 spiro atoms. The van der Waals surface area contributed by atoms with Gasteiger partial charge >= 0.3 is 0 Å². The van der Waals surface area contributed by atoms with Crippen LogP contribution in [0.25, 0.3) is 0 Å². The van der Waals surface area contributed by atoms with E-state index in [9.17, 15) is 0 Å². The van der Waals surface area contributed by atoms with Crippen LogP contribution in [0.3, 0.4) is 0 Å². The number of aromatic nitrogens is 1. The van der Waals surface area contributed by atoms with Crippen molar-refractivity contribution in [1.29, 1.82) is 0 Å². The van der Waals surface area contributed by atoms with Gasteiger partial charge in [-0.1, -0.05) is 41.9 Å². The molecule has 1 heterocycles. The van der Waals surface area contributed by atoms with Gasteiger partial charge in [0.05, 0.1) is 5.02 Å². The topological polar surface area (TPSA) is 24.9 Å². The fourth-order valence-corrected chi connectivity index (χ4v) is 2.02. The van der Waals surface area contributed by atoms with Gasteiger partial charge in [0, 0.05) is 17.2 Å². The number of nitrogens with zero attached hydrogens (tertiary/aromatic N) is 1. The van der Waals surface area contributed by atoms with Gasteiger partial charge in [-0.25, -0.2) is 4.98 Å². The van der Waals surface area contributed by atoms with E-state index in [1.807, 2.05) is 24.3 Å². The van der Waals surface area contributed by atoms with Crippen molar-refractivity contribution in [2.45, 2.75) is 6.54 Å².